The van der Waals surface area contributed by atoms with Crippen LogP contribution in [0.1, 0.15) is 19.3 Å². The second kappa shape index (κ2) is 3.85. The standard InChI is InChI=1S/C8H15NO2/c9-5-6-3-1-2-4-7(6)8(10)11/h3,7-8,10-11H,1-2,4-5,9H2. The summed E-state index contributed by atoms with van der Waals surface area (Å²) in [6.07, 6.45) is 3.70. The van der Waals surface area contributed by atoms with Crippen LogP contribution >= 0.6 is 0 Å². The second-order valence-corrected chi connectivity index (χ2v) is 2.93. The van der Waals surface area contributed by atoms with E-state index in [1.165, 1.54) is 0 Å². The lowest BCUT2D eigenvalue weighted by Crippen LogP contribution is -2.27. The zero-order valence-electron chi connectivity index (χ0n) is 6.53. The first kappa shape index (κ1) is 8.71. The molecule has 1 rings (SSSR count). The zero-order valence-corrected chi connectivity index (χ0v) is 6.53. The van der Waals surface area contributed by atoms with Crippen molar-refractivity contribution in [1.82, 2.24) is 0 Å². The van der Waals surface area contributed by atoms with Crippen molar-refractivity contribution >= 4 is 0 Å². The topological polar surface area (TPSA) is 66.5 Å². The van der Waals surface area contributed by atoms with E-state index in [1.807, 2.05) is 6.08 Å². The molecule has 0 amide bonds. The monoisotopic (exact) mass is 157 g/mol. The fraction of sp³-hybridized carbons (Fsp3) is 0.750. The van der Waals surface area contributed by atoms with Gasteiger partial charge in [-0.15, -0.1) is 0 Å². The summed E-state index contributed by atoms with van der Waals surface area (Å²) in [5, 5.41) is 17.9. The average molecular weight is 157 g/mol. The normalized spacial score (nSPS) is 25.5. The lowest BCUT2D eigenvalue weighted by Gasteiger charge is -2.24. The SMILES string of the molecule is NCC1=CCCCC1C(O)O. The molecule has 0 aromatic carbocycles. The number of hydrogen-bond acceptors (Lipinski definition) is 3. The molecule has 1 unspecified atom stereocenters. The molecule has 0 aromatic rings. The summed E-state index contributed by atoms with van der Waals surface area (Å²) in [6.45, 7) is 0.447. The Labute approximate surface area is 66.5 Å². The van der Waals surface area contributed by atoms with E-state index >= 15 is 0 Å². The van der Waals surface area contributed by atoms with Crippen molar-refractivity contribution in [3.05, 3.63) is 11.6 Å². The molecule has 0 spiro atoms. The van der Waals surface area contributed by atoms with E-state index in [2.05, 4.69) is 0 Å². The first-order valence-corrected chi connectivity index (χ1v) is 4.01. The van der Waals surface area contributed by atoms with Crippen LogP contribution < -0.4 is 5.73 Å². The molecule has 0 saturated carbocycles. The summed E-state index contributed by atoms with van der Waals surface area (Å²) in [5.41, 5.74) is 6.43. The second-order valence-electron chi connectivity index (χ2n) is 2.93. The van der Waals surface area contributed by atoms with Crippen molar-refractivity contribution in [2.24, 2.45) is 11.7 Å². The van der Waals surface area contributed by atoms with Crippen LogP contribution in [0.2, 0.25) is 0 Å². The van der Waals surface area contributed by atoms with Gasteiger partial charge >= 0.3 is 0 Å². The minimum absolute atomic E-state index is 0.117. The maximum Gasteiger partial charge on any atom is 0.158 e. The van der Waals surface area contributed by atoms with E-state index in [9.17, 15) is 0 Å². The van der Waals surface area contributed by atoms with Gasteiger partial charge in [0.15, 0.2) is 6.29 Å². The van der Waals surface area contributed by atoms with E-state index in [0.717, 1.165) is 24.8 Å². The Bertz CT molecular complexity index is 154. The third kappa shape index (κ3) is 2.02. The number of allylic oxidation sites excluding steroid dienone is 1. The molecular weight excluding hydrogens is 142 g/mol. The summed E-state index contributed by atoms with van der Waals surface area (Å²) in [4.78, 5) is 0. The molecule has 3 nitrogen and oxygen atoms in total. The molecule has 0 radical (unpaired) electrons. The van der Waals surface area contributed by atoms with Crippen LogP contribution in [0, 0.1) is 5.92 Å². The molecule has 1 aliphatic carbocycles. The number of aliphatic hydroxyl groups excluding tert-OH is 1. The Hall–Kier alpha value is -0.380. The van der Waals surface area contributed by atoms with Crippen molar-refractivity contribution in [2.75, 3.05) is 6.54 Å². The fourth-order valence-corrected chi connectivity index (χ4v) is 1.54. The van der Waals surface area contributed by atoms with Crippen LogP contribution in [0.15, 0.2) is 11.6 Å². The third-order valence-electron chi connectivity index (χ3n) is 2.20. The van der Waals surface area contributed by atoms with Crippen molar-refractivity contribution in [3.8, 4) is 0 Å². The van der Waals surface area contributed by atoms with Gasteiger partial charge < -0.3 is 15.9 Å². The van der Waals surface area contributed by atoms with Crippen LogP contribution in [0.4, 0.5) is 0 Å². The van der Waals surface area contributed by atoms with Crippen molar-refractivity contribution < 1.29 is 10.2 Å². The van der Waals surface area contributed by atoms with Crippen molar-refractivity contribution in [3.63, 3.8) is 0 Å². The quantitative estimate of drug-likeness (QED) is 0.390. The van der Waals surface area contributed by atoms with Crippen LogP contribution in [-0.2, 0) is 0 Å². The van der Waals surface area contributed by atoms with Gasteiger partial charge in [0.05, 0.1) is 0 Å². The van der Waals surface area contributed by atoms with E-state index in [1.54, 1.807) is 0 Å². The van der Waals surface area contributed by atoms with Crippen LogP contribution in [0.3, 0.4) is 0 Å². The van der Waals surface area contributed by atoms with Gasteiger partial charge in [-0.3, -0.25) is 0 Å². The molecular formula is C8H15NO2. The largest absolute Gasteiger partial charge is 0.368 e. The first-order chi connectivity index (χ1) is 5.25. The first-order valence-electron chi connectivity index (χ1n) is 4.01. The highest BCUT2D eigenvalue weighted by Crippen LogP contribution is 2.25. The van der Waals surface area contributed by atoms with Crippen LogP contribution in [-0.4, -0.2) is 23.0 Å². The van der Waals surface area contributed by atoms with Gasteiger partial charge in [0, 0.05) is 12.5 Å². The predicted octanol–water partition coefficient (Wildman–Crippen LogP) is -0.0177. The lowest BCUT2D eigenvalue weighted by atomic mass is 9.87. The average Bonchev–Trinajstić information content (AvgIpc) is 2.04. The molecule has 0 fully saturated rings. The van der Waals surface area contributed by atoms with E-state index in [-0.39, 0.29) is 5.92 Å². The molecule has 0 aromatic heterocycles. The van der Waals surface area contributed by atoms with Gasteiger partial charge in [-0.2, -0.15) is 0 Å². The van der Waals surface area contributed by atoms with E-state index < -0.39 is 6.29 Å². The summed E-state index contributed by atoms with van der Waals surface area (Å²) < 4.78 is 0. The lowest BCUT2D eigenvalue weighted by molar-refractivity contribution is -0.0766. The molecule has 0 heterocycles. The highest BCUT2D eigenvalue weighted by Gasteiger charge is 2.22. The van der Waals surface area contributed by atoms with Crippen molar-refractivity contribution in [1.29, 1.82) is 0 Å². The summed E-state index contributed by atoms with van der Waals surface area (Å²) in [7, 11) is 0. The summed E-state index contributed by atoms with van der Waals surface area (Å²) in [5.74, 6) is -0.117. The van der Waals surface area contributed by atoms with Gasteiger partial charge in [0.2, 0.25) is 0 Å². The van der Waals surface area contributed by atoms with Gasteiger partial charge in [-0.25, -0.2) is 0 Å². The molecule has 64 valence electrons. The summed E-state index contributed by atoms with van der Waals surface area (Å²) >= 11 is 0. The Kier molecular flexibility index (Phi) is 3.05. The van der Waals surface area contributed by atoms with Gasteiger partial charge in [0.1, 0.15) is 0 Å². The van der Waals surface area contributed by atoms with E-state index in [0.29, 0.717) is 6.54 Å². The Morgan fingerprint density at radius 2 is 2.36 bits per heavy atom. The maximum absolute atomic E-state index is 8.94. The highest BCUT2D eigenvalue weighted by atomic mass is 16.5. The molecule has 0 aliphatic heterocycles. The van der Waals surface area contributed by atoms with Gasteiger partial charge in [0.25, 0.3) is 0 Å². The van der Waals surface area contributed by atoms with Crippen LogP contribution in [0.5, 0.6) is 0 Å². The molecule has 11 heavy (non-hydrogen) atoms. The fourth-order valence-electron chi connectivity index (χ4n) is 1.54. The summed E-state index contributed by atoms with van der Waals surface area (Å²) in [6, 6.07) is 0. The molecule has 1 atom stereocenters. The Balaban J connectivity index is 2.62. The molecule has 4 N–H and O–H groups in total. The number of hydrogen-bond donors (Lipinski definition) is 3. The number of rotatable bonds is 2. The highest BCUT2D eigenvalue weighted by molar-refractivity contribution is 5.11. The Morgan fingerprint density at radius 1 is 1.64 bits per heavy atom. The Morgan fingerprint density at radius 3 is 2.82 bits per heavy atom. The molecule has 1 aliphatic rings. The minimum atomic E-state index is -1.23. The number of nitrogens with two attached hydrogens (primary N) is 1. The van der Waals surface area contributed by atoms with Crippen LogP contribution in [0.25, 0.3) is 0 Å². The minimum Gasteiger partial charge on any atom is -0.368 e. The van der Waals surface area contributed by atoms with E-state index in [4.69, 9.17) is 15.9 Å². The third-order valence-corrected chi connectivity index (χ3v) is 2.20. The van der Waals surface area contributed by atoms with Crippen molar-refractivity contribution in [2.45, 2.75) is 25.6 Å². The van der Waals surface area contributed by atoms with Gasteiger partial charge in [-0.1, -0.05) is 11.6 Å². The number of aliphatic hydroxyl groups is 2. The smallest absolute Gasteiger partial charge is 0.158 e. The maximum atomic E-state index is 8.94. The predicted molar refractivity (Wildman–Crippen MR) is 42.7 cm³/mol. The molecule has 3 heteroatoms. The zero-order chi connectivity index (χ0) is 8.27. The molecule has 0 saturated heterocycles. The van der Waals surface area contributed by atoms with Gasteiger partial charge in [-0.05, 0) is 19.3 Å². The molecule has 0 bridgehead atoms.